The highest BCUT2D eigenvalue weighted by Crippen LogP contribution is 2.68. The predicted octanol–water partition coefficient (Wildman–Crippen LogP) is 5.65. The van der Waals surface area contributed by atoms with Gasteiger partial charge in [-0.1, -0.05) is 45.0 Å². The molecule has 4 fully saturated rings. The summed E-state index contributed by atoms with van der Waals surface area (Å²) in [7, 11) is 0.125. The van der Waals surface area contributed by atoms with Crippen LogP contribution in [0.3, 0.4) is 0 Å². The molecule has 11 atom stereocenters. The van der Waals surface area contributed by atoms with E-state index >= 15 is 0 Å². The van der Waals surface area contributed by atoms with Crippen molar-refractivity contribution in [1.29, 1.82) is 0 Å². The predicted molar refractivity (Wildman–Crippen MR) is 176 cm³/mol. The van der Waals surface area contributed by atoms with E-state index in [0.717, 1.165) is 36.8 Å². The van der Waals surface area contributed by atoms with Gasteiger partial charge in [0.15, 0.2) is 0 Å². The SMILES string of the molecule is C[C@H](CCC(=O)O)[C@H]1CC[C@H]2[C@@H]3[C@H](O)C[C@@H]4C[C@H](NS(=O)(=O)c5cccc6c(N(C)C)cccc56)CC[C@]4(C)[C@H]3C[C@H](O)[C@]12C. The van der Waals surface area contributed by atoms with Crippen molar-refractivity contribution in [3.63, 3.8) is 0 Å². The van der Waals surface area contributed by atoms with Crippen LogP contribution in [-0.2, 0) is 14.8 Å². The van der Waals surface area contributed by atoms with E-state index in [9.17, 15) is 28.5 Å². The summed E-state index contributed by atoms with van der Waals surface area (Å²) in [5.74, 6) is 0.298. The number of carbonyl (C=O) groups is 1. The van der Waals surface area contributed by atoms with E-state index in [-0.39, 0.29) is 58.8 Å². The summed E-state index contributed by atoms with van der Waals surface area (Å²) >= 11 is 0. The summed E-state index contributed by atoms with van der Waals surface area (Å²) in [5, 5.41) is 34.5. The number of benzene rings is 2. The minimum atomic E-state index is -3.78. The van der Waals surface area contributed by atoms with Gasteiger partial charge in [0, 0.05) is 43.0 Å². The fourth-order valence-corrected chi connectivity index (χ4v) is 12.5. The van der Waals surface area contributed by atoms with Crippen LogP contribution in [0.15, 0.2) is 41.3 Å². The first kappa shape index (κ1) is 32.7. The fourth-order valence-electron chi connectivity index (χ4n) is 11.0. The Morgan fingerprint density at radius 3 is 2.42 bits per heavy atom. The third-order valence-corrected chi connectivity index (χ3v) is 14.9. The van der Waals surface area contributed by atoms with E-state index in [0.29, 0.717) is 36.0 Å². The molecule has 0 spiro atoms. The Bertz CT molecular complexity index is 1550. The fraction of sp³-hybridized carbons (Fsp3) is 0.694. The van der Waals surface area contributed by atoms with Crippen LogP contribution >= 0.6 is 0 Å². The van der Waals surface area contributed by atoms with E-state index in [1.54, 1.807) is 6.07 Å². The van der Waals surface area contributed by atoms with Gasteiger partial charge in [-0.05, 0) is 110 Å². The van der Waals surface area contributed by atoms with Crippen LogP contribution in [0.25, 0.3) is 10.8 Å². The van der Waals surface area contributed by atoms with Crippen molar-refractivity contribution in [3.05, 3.63) is 36.4 Å². The molecule has 2 aromatic carbocycles. The number of nitrogens with one attached hydrogen (secondary N) is 1. The second-order valence-corrected chi connectivity index (χ2v) is 17.3. The third-order valence-electron chi connectivity index (χ3n) is 13.3. The topological polar surface area (TPSA) is 127 Å². The minimum Gasteiger partial charge on any atom is -0.481 e. The molecule has 4 N–H and O–H groups in total. The summed E-state index contributed by atoms with van der Waals surface area (Å²) in [6, 6.07) is 11.0. The molecule has 45 heavy (non-hydrogen) atoms. The molecule has 4 aliphatic rings. The number of nitrogens with zero attached hydrogens (tertiary/aromatic N) is 1. The van der Waals surface area contributed by atoms with Gasteiger partial charge in [-0.2, -0.15) is 0 Å². The van der Waals surface area contributed by atoms with Crippen LogP contribution in [0.2, 0.25) is 0 Å². The van der Waals surface area contributed by atoms with Crippen molar-refractivity contribution < 1.29 is 28.5 Å². The van der Waals surface area contributed by atoms with Crippen LogP contribution in [-0.4, -0.2) is 62.1 Å². The molecule has 0 unspecified atom stereocenters. The zero-order valence-corrected chi connectivity index (χ0v) is 28.3. The average Bonchev–Trinajstić information content (AvgIpc) is 3.34. The molecule has 248 valence electrons. The van der Waals surface area contributed by atoms with Gasteiger partial charge in [0.25, 0.3) is 0 Å². The van der Waals surface area contributed by atoms with E-state index in [2.05, 4.69) is 25.5 Å². The van der Waals surface area contributed by atoms with Crippen molar-refractivity contribution in [3.8, 4) is 0 Å². The van der Waals surface area contributed by atoms with Crippen LogP contribution in [0.5, 0.6) is 0 Å². The van der Waals surface area contributed by atoms with Crippen molar-refractivity contribution >= 4 is 32.5 Å². The van der Waals surface area contributed by atoms with Crippen molar-refractivity contribution in [1.82, 2.24) is 4.72 Å². The zero-order valence-electron chi connectivity index (χ0n) is 27.4. The maximum atomic E-state index is 13.9. The number of aliphatic hydroxyl groups is 2. The second-order valence-electron chi connectivity index (χ2n) is 15.6. The lowest BCUT2D eigenvalue weighted by Gasteiger charge is -2.63. The van der Waals surface area contributed by atoms with Gasteiger partial charge in [-0.15, -0.1) is 0 Å². The van der Waals surface area contributed by atoms with Gasteiger partial charge >= 0.3 is 5.97 Å². The monoisotopic (exact) mass is 640 g/mol. The van der Waals surface area contributed by atoms with Crippen LogP contribution in [0.4, 0.5) is 5.69 Å². The van der Waals surface area contributed by atoms with Gasteiger partial charge in [0.2, 0.25) is 10.0 Å². The lowest BCUT2D eigenvalue weighted by atomic mass is 9.43. The number of carboxylic acid groups (broad SMARTS) is 1. The first-order valence-electron chi connectivity index (χ1n) is 17.0. The standard InChI is InChI=1S/C36H52N2O6S/c1-21(12-15-33(41)42)26-13-14-27-34-28(20-32(40)36(26,27)3)35(2)17-16-23(18-22(35)19-30(34)39)37-45(43,44)31-11-7-8-24-25(31)9-6-10-29(24)38(4)5/h6-11,21-23,26-28,30,32,34,37,39-40H,12-20H2,1-5H3,(H,41,42)/t21-,22+,23-,26-,27+,28+,30-,32+,34+,35+,36-/m1/s1. The molecule has 9 heteroatoms. The molecule has 2 aromatic rings. The molecule has 6 rings (SSSR count). The molecule has 8 nitrogen and oxygen atoms in total. The number of carboxylic acids is 1. The summed E-state index contributed by atoms with van der Waals surface area (Å²) in [4.78, 5) is 13.6. The van der Waals surface area contributed by atoms with E-state index in [4.69, 9.17) is 0 Å². The van der Waals surface area contributed by atoms with Crippen molar-refractivity contribution in [2.75, 3.05) is 19.0 Å². The Labute approximate surface area is 268 Å². The number of fused-ring (bicyclic) bond motifs is 6. The third kappa shape index (κ3) is 5.39. The normalized spacial score (nSPS) is 38.6. The van der Waals surface area contributed by atoms with Gasteiger partial charge in [-0.25, -0.2) is 13.1 Å². The number of hydrogen-bond acceptors (Lipinski definition) is 6. The lowest BCUT2D eigenvalue weighted by molar-refractivity contribution is -0.202. The Morgan fingerprint density at radius 2 is 1.71 bits per heavy atom. The Morgan fingerprint density at radius 1 is 1.00 bits per heavy atom. The highest BCUT2D eigenvalue weighted by atomic mass is 32.2. The number of aliphatic carboxylic acids is 1. The van der Waals surface area contributed by atoms with Gasteiger partial charge in [-0.3, -0.25) is 4.79 Å². The van der Waals surface area contributed by atoms with Gasteiger partial charge in [0.1, 0.15) is 0 Å². The minimum absolute atomic E-state index is 0.0821. The molecular formula is C36H52N2O6S. The molecule has 0 radical (unpaired) electrons. The maximum Gasteiger partial charge on any atom is 0.303 e. The smallest absolute Gasteiger partial charge is 0.303 e. The number of hydrogen-bond donors (Lipinski definition) is 4. The maximum absolute atomic E-state index is 13.9. The summed E-state index contributed by atoms with van der Waals surface area (Å²) in [6.07, 6.45) is 5.24. The molecular weight excluding hydrogens is 588 g/mol. The average molecular weight is 641 g/mol. The van der Waals surface area contributed by atoms with Crippen LogP contribution in [0.1, 0.15) is 78.6 Å². The highest BCUT2D eigenvalue weighted by Gasteiger charge is 2.65. The largest absolute Gasteiger partial charge is 0.481 e. The Balaban J connectivity index is 1.21. The molecule has 0 aromatic heterocycles. The van der Waals surface area contributed by atoms with Crippen molar-refractivity contribution in [2.45, 2.75) is 102 Å². The number of anilines is 1. The van der Waals surface area contributed by atoms with E-state index < -0.39 is 28.2 Å². The number of sulfonamides is 1. The molecule has 0 bridgehead atoms. The van der Waals surface area contributed by atoms with Gasteiger partial charge < -0.3 is 20.2 Å². The summed E-state index contributed by atoms with van der Waals surface area (Å²) in [6.45, 7) is 6.67. The summed E-state index contributed by atoms with van der Waals surface area (Å²) in [5.41, 5.74) is 0.556. The van der Waals surface area contributed by atoms with Gasteiger partial charge in [0.05, 0.1) is 17.1 Å². The van der Waals surface area contributed by atoms with Crippen LogP contribution in [0, 0.1) is 46.3 Å². The molecule has 4 aliphatic carbocycles. The molecule has 0 amide bonds. The molecule has 4 saturated carbocycles. The number of aliphatic hydroxyl groups excluding tert-OH is 2. The molecule has 0 heterocycles. The van der Waals surface area contributed by atoms with E-state index in [1.807, 2.05) is 49.3 Å². The highest BCUT2D eigenvalue weighted by molar-refractivity contribution is 7.89. The quantitative estimate of drug-likeness (QED) is 0.294. The van der Waals surface area contributed by atoms with E-state index in [1.165, 1.54) is 0 Å². The zero-order chi connectivity index (χ0) is 32.5. The van der Waals surface area contributed by atoms with Crippen molar-refractivity contribution in [2.24, 2.45) is 46.3 Å². The first-order valence-corrected chi connectivity index (χ1v) is 18.5. The second kappa shape index (κ2) is 11.8. The Kier molecular flexibility index (Phi) is 8.58. The molecule has 0 aliphatic heterocycles. The summed E-state index contributed by atoms with van der Waals surface area (Å²) < 4.78 is 30.8. The van der Waals surface area contributed by atoms with Crippen LogP contribution < -0.4 is 9.62 Å². The number of rotatable bonds is 8. The first-order chi connectivity index (χ1) is 21.2. The Hall–Kier alpha value is -2.20. The molecule has 0 saturated heterocycles. The lowest BCUT2D eigenvalue weighted by Crippen LogP contribution is -2.63.